The molecule has 0 radical (unpaired) electrons. The van der Waals surface area contributed by atoms with Crippen LogP contribution in [-0.4, -0.2) is 77.2 Å². The summed E-state index contributed by atoms with van der Waals surface area (Å²) >= 11 is 0. The lowest BCUT2D eigenvalue weighted by atomic mass is 9.87. The van der Waals surface area contributed by atoms with Crippen molar-refractivity contribution in [2.45, 2.75) is 44.7 Å². The van der Waals surface area contributed by atoms with Crippen LogP contribution >= 0.6 is 0 Å². The highest BCUT2D eigenvalue weighted by molar-refractivity contribution is 5.83. The van der Waals surface area contributed by atoms with Crippen LogP contribution in [0, 0.1) is 5.92 Å². The molecule has 2 fully saturated rings. The summed E-state index contributed by atoms with van der Waals surface area (Å²) in [6, 6.07) is -0.0420. The Morgan fingerprint density at radius 1 is 1.18 bits per heavy atom. The Hall–Kier alpha value is -1.93. The van der Waals surface area contributed by atoms with Gasteiger partial charge in [0, 0.05) is 51.0 Å². The van der Waals surface area contributed by atoms with E-state index >= 15 is 0 Å². The fraction of sp³-hybridized carbons (Fsp3) is 0.750. The fourth-order valence-corrected chi connectivity index (χ4v) is 4.21. The Morgan fingerprint density at radius 3 is 2.43 bits per heavy atom. The molecule has 1 saturated carbocycles. The summed E-state index contributed by atoms with van der Waals surface area (Å²) < 4.78 is 1.70. The quantitative estimate of drug-likeness (QED) is 0.740. The average Bonchev–Trinajstić information content (AvgIpc) is 3.10. The number of hydrogen-bond acceptors (Lipinski definition) is 5. The van der Waals surface area contributed by atoms with Gasteiger partial charge in [-0.15, -0.1) is 0 Å². The maximum absolute atomic E-state index is 12.9. The van der Waals surface area contributed by atoms with Crippen molar-refractivity contribution in [3.8, 4) is 0 Å². The second-order valence-electron chi connectivity index (χ2n) is 8.29. The molecule has 1 atom stereocenters. The minimum Gasteiger partial charge on any atom is -0.352 e. The van der Waals surface area contributed by atoms with Crippen LogP contribution in [0.5, 0.6) is 0 Å². The van der Waals surface area contributed by atoms with Crippen molar-refractivity contribution in [3.05, 3.63) is 18.0 Å². The van der Waals surface area contributed by atoms with Crippen LogP contribution in [0.1, 0.15) is 44.2 Å². The molecule has 0 aromatic carbocycles. The zero-order valence-electron chi connectivity index (χ0n) is 17.4. The molecular weight excluding hydrogens is 356 g/mol. The molecule has 1 aliphatic carbocycles. The molecule has 8 nitrogen and oxygen atoms in total. The van der Waals surface area contributed by atoms with Gasteiger partial charge in [-0.1, -0.05) is 6.92 Å². The van der Waals surface area contributed by atoms with Gasteiger partial charge in [-0.05, 0) is 38.6 Å². The highest BCUT2D eigenvalue weighted by atomic mass is 16.2. The van der Waals surface area contributed by atoms with Crippen molar-refractivity contribution in [1.29, 1.82) is 0 Å². The number of nitrogens with one attached hydrogen (secondary N) is 2. The van der Waals surface area contributed by atoms with Crippen molar-refractivity contribution in [2.75, 3.05) is 39.8 Å². The molecule has 1 unspecified atom stereocenters. The second kappa shape index (κ2) is 9.52. The third-order valence-corrected chi connectivity index (χ3v) is 6.03. The van der Waals surface area contributed by atoms with Gasteiger partial charge in [-0.2, -0.15) is 5.10 Å². The molecule has 1 aromatic rings. The van der Waals surface area contributed by atoms with Crippen LogP contribution in [0.3, 0.4) is 0 Å². The van der Waals surface area contributed by atoms with Crippen LogP contribution in [0.4, 0.5) is 0 Å². The van der Waals surface area contributed by atoms with Crippen LogP contribution in [0.25, 0.3) is 0 Å². The molecule has 2 heterocycles. The van der Waals surface area contributed by atoms with E-state index in [2.05, 4.69) is 27.6 Å². The van der Waals surface area contributed by atoms with Gasteiger partial charge in [0.1, 0.15) is 6.04 Å². The van der Waals surface area contributed by atoms with E-state index in [1.807, 2.05) is 18.1 Å². The molecule has 2 aliphatic rings. The van der Waals surface area contributed by atoms with Gasteiger partial charge in [0.25, 0.3) is 0 Å². The lowest BCUT2D eigenvalue weighted by Gasteiger charge is -2.36. The third-order valence-electron chi connectivity index (χ3n) is 6.03. The molecule has 3 rings (SSSR count). The minimum atomic E-state index is -0.378. The smallest absolute Gasteiger partial charge is 0.244 e. The highest BCUT2D eigenvalue weighted by Crippen LogP contribution is 2.23. The molecule has 156 valence electrons. The topological polar surface area (TPSA) is 82.5 Å². The first-order valence-electron chi connectivity index (χ1n) is 10.4. The predicted molar refractivity (Wildman–Crippen MR) is 108 cm³/mol. The normalized spacial score (nSPS) is 24.8. The fourth-order valence-electron chi connectivity index (χ4n) is 4.21. The Kier molecular flexibility index (Phi) is 7.07. The number of likely N-dealkylation sites (N-methyl/N-ethyl adjacent to an activating group) is 1. The van der Waals surface area contributed by atoms with E-state index in [9.17, 15) is 9.59 Å². The first-order chi connectivity index (χ1) is 13.5. The lowest BCUT2D eigenvalue weighted by Crippen LogP contribution is -2.53. The van der Waals surface area contributed by atoms with Gasteiger partial charge in [0.15, 0.2) is 0 Å². The number of nitrogens with zero attached hydrogens (tertiary/aromatic N) is 4. The number of hydrogen-bond donors (Lipinski definition) is 2. The van der Waals surface area contributed by atoms with E-state index in [1.165, 1.54) is 12.8 Å². The SMILES string of the molecule is CNC(C(=O)N1CCN(CC(=O)NC2CCC(C)CC2)CC1)c1cnn(C)c1. The summed E-state index contributed by atoms with van der Waals surface area (Å²) in [4.78, 5) is 29.3. The van der Waals surface area contributed by atoms with Crippen molar-refractivity contribution in [3.63, 3.8) is 0 Å². The zero-order valence-corrected chi connectivity index (χ0v) is 17.4. The number of aromatic nitrogens is 2. The third kappa shape index (κ3) is 5.32. The summed E-state index contributed by atoms with van der Waals surface area (Å²) in [7, 11) is 3.64. The number of rotatable bonds is 6. The van der Waals surface area contributed by atoms with Gasteiger partial charge in [-0.25, -0.2) is 0 Å². The molecule has 0 spiro atoms. The van der Waals surface area contributed by atoms with Gasteiger partial charge in [-0.3, -0.25) is 19.2 Å². The second-order valence-corrected chi connectivity index (χ2v) is 8.29. The van der Waals surface area contributed by atoms with Gasteiger partial charge in [0.2, 0.25) is 11.8 Å². The van der Waals surface area contributed by atoms with E-state index in [-0.39, 0.29) is 17.9 Å². The number of amides is 2. The van der Waals surface area contributed by atoms with Gasteiger partial charge < -0.3 is 15.5 Å². The monoisotopic (exact) mass is 390 g/mol. The zero-order chi connectivity index (χ0) is 20.1. The average molecular weight is 391 g/mol. The summed E-state index contributed by atoms with van der Waals surface area (Å²) in [5, 5.41) is 10.5. The number of carbonyl (C=O) groups is 2. The van der Waals surface area contributed by atoms with Gasteiger partial charge >= 0.3 is 0 Å². The molecular formula is C20H34N6O2. The molecule has 2 N–H and O–H groups in total. The van der Waals surface area contributed by atoms with Crippen molar-refractivity contribution < 1.29 is 9.59 Å². The van der Waals surface area contributed by atoms with Crippen LogP contribution in [0.15, 0.2) is 12.4 Å². The molecule has 1 saturated heterocycles. The van der Waals surface area contributed by atoms with E-state index in [1.54, 1.807) is 17.9 Å². The van der Waals surface area contributed by atoms with Gasteiger partial charge in [0.05, 0.1) is 12.7 Å². The number of aryl methyl sites for hydroxylation is 1. The van der Waals surface area contributed by atoms with Crippen LogP contribution < -0.4 is 10.6 Å². The molecule has 1 aliphatic heterocycles. The number of carbonyl (C=O) groups excluding carboxylic acids is 2. The van der Waals surface area contributed by atoms with E-state index < -0.39 is 0 Å². The van der Waals surface area contributed by atoms with E-state index in [4.69, 9.17) is 0 Å². The summed E-state index contributed by atoms with van der Waals surface area (Å²) in [6.07, 6.45) is 8.19. The maximum atomic E-state index is 12.9. The highest BCUT2D eigenvalue weighted by Gasteiger charge is 2.29. The summed E-state index contributed by atoms with van der Waals surface area (Å²) in [5.74, 6) is 0.964. The summed E-state index contributed by atoms with van der Waals surface area (Å²) in [6.45, 7) is 5.45. The Balaban J connectivity index is 1.43. The molecule has 2 amide bonds. The van der Waals surface area contributed by atoms with Crippen LogP contribution in [-0.2, 0) is 16.6 Å². The Bertz CT molecular complexity index is 659. The molecule has 8 heteroatoms. The Morgan fingerprint density at radius 2 is 1.86 bits per heavy atom. The van der Waals surface area contributed by atoms with Crippen molar-refractivity contribution in [2.24, 2.45) is 13.0 Å². The minimum absolute atomic E-state index is 0.0657. The van der Waals surface area contributed by atoms with Crippen molar-refractivity contribution in [1.82, 2.24) is 30.2 Å². The molecule has 28 heavy (non-hydrogen) atoms. The summed E-state index contributed by atoms with van der Waals surface area (Å²) in [5.41, 5.74) is 0.874. The first kappa shape index (κ1) is 20.8. The standard InChI is InChI=1S/C20H34N6O2/c1-15-4-6-17(7-5-15)23-18(27)14-25-8-10-26(11-9-25)20(28)19(21-2)16-12-22-24(3)13-16/h12-13,15,17,19,21H,4-11,14H2,1-3H3,(H,23,27). The lowest BCUT2D eigenvalue weighted by molar-refractivity contribution is -0.135. The van der Waals surface area contributed by atoms with E-state index in [0.29, 0.717) is 25.7 Å². The first-order valence-corrected chi connectivity index (χ1v) is 10.4. The maximum Gasteiger partial charge on any atom is 0.244 e. The largest absolute Gasteiger partial charge is 0.352 e. The predicted octanol–water partition coefficient (Wildman–Crippen LogP) is 0.520. The molecule has 0 bridgehead atoms. The Labute approximate surface area is 167 Å². The van der Waals surface area contributed by atoms with E-state index in [0.717, 1.165) is 37.4 Å². The van der Waals surface area contributed by atoms with Crippen molar-refractivity contribution >= 4 is 11.8 Å². The van der Waals surface area contributed by atoms with Crippen LogP contribution in [0.2, 0.25) is 0 Å². The number of piperazine rings is 1. The molecule has 1 aromatic heterocycles.